The van der Waals surface area contributed by atoms with Gasteiger partial charge < -0.3 is 5.73 Å². The topological polar surface area (TPSA) is 26.0 Å². The summed E-state index contributed by atoms with van der Waals surface area (Å²) in [5.41, 5.74) is 6.69. The van der Waals surface area contributed by atoms with E-state index >= 15 is 0 Å². The van der Waals surface area contributed by atoms with Crippen LogP contribution in [0.25, 0.3) is 5.57 Å². The highest BCUT2D eigenvalue weighted by Crippen LogP contribution is 2.17. The Morgan fingerprint density at radius 3 is 2.31 bits per heavy atom. The van der Waals surface area contributed by atoms with Crippen LogP contribution in [-0.2, 0) is 0 Å². The molecule has 0 unspecified atom stereocenters. The molecule has 0 fully saturated rings. The summed E-state index contributed by atoms with van der Waals surface area (Å²) >= 11 is 0. The van der Waals surface area contributed by atoms with Gasteiger partial charge in [-0.15, -0.1) is 12.4 Å². The van der Waals surface area contributed by atoms with E-state index in [4.69, 9.17) is 5.73 Å². The molecular formula is C10H13ClFN. The van der Waals surface area contributed by atoms with Gasteiger partial charge in [0, 0.05) is 6.54 Å². The number of hydrogen-bond acceptors (Lipinski definition) is 1. The lowest BCUT2D eigenvalue weighted by molar-refractivity contribution is 0.621. The molecule has 0 atom stereocenters. The maximum absolute atomic E-state index is 13.0. The summed E-state index contributed by atoms with van der Waals surface area (Å²) in [5, 5.41) is 0. The maximum atomic E-state index is 13.0. The fraction of sp³-hybridized carbons (Fsp3) is 0.200. The van der Waals surface area contributed by atoms with Crippen LogP contribution in [0, 0.1) is 0 Å². The molecule has 3 heteroatoms. The van der Waals surface area contributed by atoms with Crippen LogP contribution in [0.2, 0.25) is 0 Å². The minimum Gasteiger partial charge on any atom is -0.325 e. The van der Waals surface area contributed by atoms with Crippen LogP contribution >= 0.6 is 12.4 Å². The highest BCUT2D eigenvalue weighted by molar-refractivity contribution is 5.85. The standard InChI is InChI=1S/C10H12FN.ClH/c1-8(10(11)7-12)9-5-3-2-4-6-9;/h2-6H,7,12H2,1H3;1H. The molecule has 0 amide bonds. The molecule has 0 bridgehead atoms. The van der Waals surface area contributed by atoms with E-state index in [9.17, 15) is 4.39 Å². The smallest absolute Gasteiger partial charge is 0.117 e. The zero-order chi connectivity index (χ0) is 8.97. The van der Waals surface area contributed by atoms with Gasteiger partial charge in [0.25, 0.3) is 0 Å². The van der Waals surface area contributed by atoms with Crippen LogP contribution in [-0.4, -0.2) is 6.54 Å². The second-order valence-corrected chi connectivity index (χ2v) is 2.60. The van der Waals surface area contributed by atoms with E-state index in [0.717, 1.165) is 5.56 Å². The van der Waals surface area contributed by atoms with Gasteiger partial charge in [-0.05, 0) is 18.1 Å². The van der Waals surface area contributed by atoms with Crippen molar-refractivity contribution in [3.05, 3.63) is 41.7 Å². The normalized spacial score (nSPS) is 11.6. The molecule has 0 spiro atoms. The van der Waals surface area contributed by atoms with E-state index in [1.807, 2.05) is 30.3 Å². The SMILES string of the molecule is CC(=C(F)CN)c1ccccc1.Cl. The van der Waals surface area contributed by atoms with Crippen molar-refractivity contribution >= 4 is 18.0 Å². The lowest BCUT2D eigenvalue weighted by Crippen LogP contribution is -2.00. The number of allylic oxidation sites excluding steroid dienone is 1. The van der Waals surface area contributed by atoms with Crippen LogP contribution in [0.4, 0.5) is 4.39 Å². The number of halogens is 2. The third-order valence-electron chi connectivity index (χ3n) is 1.79. The third-order valence-corrected chi connectivity index (χ3v) is 1.79. The van der Waals surface area contributed by atoms with E-state index in [1.165, 1.54) is 0 Å². The molecule has 0 aromatic heterocycles. The number of nitrogens with two attached hydrogens (primary N) is 1. The summed E-state index contributed by atoms with van der Waals surface area (Å²) in [5.74, 6) is -0.249. The van der Waals surface area contributed by atoms with Gasteiger partial charge in [-0.2, -0.15) is 0 Å². The Balaban J connectivity index is 0.00000144. The molecule has 0 aliphatic carbocycles. The predicted octanol–water partition coefficient (Wildman–Crippen LogP) is 2.77. The Bertz CT molecular complexity index is 282. The first-order chi connectivity index (χ1) is 5.75. The first kappa shape index (κ1) is 12.1. The van der Waals surface area contributed by atoms with E-state index in [1.54, 1.807) is 6.92 Å². The zero-order valence-electron chi connectivity index (χ0n) is 7.46. The minimum atomic E-state index is -0.249. The van der Waals surface area contributed by atoms with Crippen molar-refractivity contribution in [3.63, 3.8) is 0 Å². The fourth-order valence-corrected chi connectivity index (χ4v) is 0.998. The fourth-order valence-electron chi connectivity index (χ4n) is 0.998. The van der Waals surface area contributed by atoms with E-state index in [2.05, 4.69) is 0 Å². The van der Waals surface area contributed by atoms with Crippen molar-refractivity contribution in [3.8, 4) is 0 Å². The van der Waals surface area contributed by atoms with Gasteiger partial charge in [-0.3, -0.25) is 0 Å². The highest BCUT2D eigenvalue weighted by atomic mass is 35.5. The molecule has 0 aliphatic heterocycles. The average molecular weight is 202 g/mol. The van der Waals surface area contributed by atoms with Crippen molar-refractivity contribution in [2.24, 2.45) is 5.73 Å². The van der Waals surface area contributed by atoms with Crippen LogP contribution < -0.4 is 5.73 Å². The van der Waals surface area contributed by atoms with Gasteiger partial charge >= 0.3 is 0 Å². The van der Waals surface area contributed by atoms with Crippen molar-refractivity contribution in [1.82, 2.24) is 0 Å². The largest absolute Gasteiger partial charge is 0.325 e. The van der Waals surface area contributed by atoms with Gasteiger partial charge in [0.2, 0.25) is 0 Å². The molecule has 13 heavy (non-hydrogen) atoms. The number of hydrogen-bond donors (Lipinski definition) is 1. The van der Waals surface area contributed by atoms with Crippen LogP contribution in [0.15, 0.2) is 36.2 Å². The summed E-state index contributed by atoms with van der Waals surface area (Å²) in [6.45, 7) is 1.71. The van der Waals surface area contributed by atoms with Crippen LogP contribution in [0.1, 0.15) is 12.5 Å². The van der Waals surface area contributed by atoms with Crippen molar-refractivity contribution in [1.29, 1.82) is 0 Å². The molecule has 1 nitrogen and oxygen atoms in total. The summed E-state index contributed by atoms with van der Waals surface area (Å²) in [6.07, 6.45) is 0. The van der Waals surface area contributed by atoms with Crippen LogP contribution in [0.3, 0.4) is 0 Å². The van der Waals surface area contributed by atoms with E-state index < -0.39 is 0 Å². The lowest BCUT2D eigenvalue weighted by atomic mass is 10.1. The molecule has 72 valence electrons. The molecule has 0 aliphatic rings. The van der Waals surface area contributed by atoms with Gasteiger partial charge in [0.05, 0.1) is 0 Å². The Morgan fingerprint density at radius 1 is 1.31 bits per heavy atom. The average Bonchev–Trinajstić information content (AvgIpc) is 2.17. The Labute approximate surface area is 83.9 Å². The van der Waals surface area contributed by atoms with Crippen molar-refractivity contribution < 1.29 is 4.39 Å². The number of rotatable bonds is 2. The molecule has 0 heterocycles. The van der Waals surface area contributed by atoms with Crippen molar-refractivity contribution in [2.75, 3.05) is 6.54 Å². The van der Waals surface area contributed by atoms with Crippen molar-refractivity contribution in [2.45, 2.75) is 6.92 Å². The summed E-state index contributed by atoms with van der Waals surface area (Å²) < 4.78 is 13.0. The Kier molecular flexibility index (Phi) is 5.35. The summed E-state index contributed by atoms with van der Waals surface area (Å²) in [4.78, 5) is 0. The zero-order valence-corrected chi connectivity index (χ0v) is 8.27. The Morgan fingerprint density at radius 2 is 1.85 bits per heavy atom. The summed E-state index contributed by atoms with van der Waals surface area (Å²) in [6, 6.07) is 9.39. The van der Waals surface area contributed by atoms with E-state index in [-0.39, 0.29) is 24.8 Å². The second-order valence-electron chi connectivity index (χ2n) is 2.60. The molecule has 1 aromatic carbocycles. The molecule has 0 radical (unpaired) electrons. The monoisotopic (exact) mass is 201 g/mol. The van der Waals surface area contributed by atoms with Gasteiger partial charge in [-0.25, -0.2) is 4.39 Å². The van der Waals surface area contributed by atoms with Crippen LogP contribution in [0.5, 0.6) is 0 Å². The van der Waals surface area contributed by atoms with Gasteiger partial charge in [0.15, 0.2) is 0 Å². The quantitative estimate of drug-likeness (QED) is 0.783. The number of benzene rings is 1. The predicted molar refractivity (Wildman–Crippen MR) is 56.4 cm³/mol. The first-order valence-electron chi connectivity index (χ1n) is 3.86. The molecule has 1 rings (SSSR count). The molecule has 1 aromatic rings. The lowest BCUT2D eigenvalue weighted by Gasteiger charge is -2.01. The van der Waals surface area contributed by atoms with E-state index in [0.29, 0.717) is 5.57 Å². The minimum absolute atomic E-state index is 0. The third kappa shape index (κ3) is 3.17. The Hall–Kier alpha value is -0.860. The first-order valence-corrected chi connectivity index (χ1v) is 3.86. The van der Waals surface area contributed by atoms with Gasteiger partial charge in [-0.1, -0.05) is 30.3 Å². The molecule has 2 N–H and O–H groups in total. The molecule has 0 saturated heterocycles. The summed E-state index contributed by atoms with van der Waals surface area (Å²) in [7, 11) is 0. The highest BCUT2D eigenvalue weighted by Gasteiger charge is 2.00. The second kappa shape index (κ2) is 5.73. The molecule has 0 saturated carbocycles. The maximum Gasteiger partial charge on any atom is 0.117 e. The molecular weight excluding hydrogens is 189 g/mol. The van der Waals surface area contributed by atoms with Gasteiger partial charge in [0.1, 0.15) is 5.83 Å².